The van der Waals surface area contributed by atoms with E-state index in [1.807, 2.05) is 0 Å². The van der Waals surface area contributed by atoms with Gasteiger partial charge in [0.05, 0.1) is 11.0 Å². The van der Waals surface area contributed by atoms with Crippen LogP contribution in [0.5, 0.6) is 0 Å². The second kappa shape index (κ2) is 9.22. The van der Waals surface area contributed by atoms with E-state index in [0.717, 1.165) is 5.56 Å². The van der Waals surface area contributed by atoms with Crippen LogP contribution in [0.15, 0.2) is 34.9 Å². The molecule has 1 heterocycles. The fraction of sp³-hybridized carbons (Fsp3) is 0.353. The molecule has 1 aromatic heterocycles. The van der Waals surface area contributed by atoms with Crippen LogP contribution in [0.1, 0.15) is 18.2 Å². The minimum absolute atomic E-state index is 0.149. The number of hydrogen-bond acceptors (Lipinski definition) is 5. The number of halogens is 1. The van der Waals surface area contributed by atoms with Gasteiger partial charge in [0, 0.05) is 12.6 Å². The van der Waals surface area contributed by atoms with Crippen LogP contribution >= 0.6 is 11.8 Å². The highest BCUT2D eigenvalue weighted by Gasteiger charge is 2.16. The maximum atomic E-state index is 12.8. The van der Waals surface area contributed by atoms with Crippen LogP contribution in [0.2, 0.25) is 0 Å². The van der Waals surface area contributed by atoms with Crippen molar-refractivity contribution in [3.63, 3.8) is 0 Å². The number of aryl methyl sites for hydroxylation is 1. The zero-order chi connectivity index (χ0) is 18.2. The van der Waals surface area contributed by atoms with Crippen molar-refractivity contribution in [3.05, 3.63) is 47.5 Å². The summed E-state index contributed by atoms with van der Waals surface area (Å²) in [6.45, 7) is 3.92. The summed E-state index contributed by atoms with van der Waals surface area (Å²) in [5.74, 6) is 0.476. The number of anilines is 1. The van der Waals surface area contributed by atoms with Crippen molar-refractivity contribution in [2.24, 2.45) is 0 Å². The first-order chi connectivity index (χ1) is 11.9. The molecule has 0 aliphatic heterocycles. The molecule has 1 aromatic carbocycles. The fourth-order valence-electron chi connectivity index (χ4n) is 1.98. The molecule has 2 N–H and O–H groups in total. The Hall–Kier alpha value is -2.35. The molecule has 0 aliphatic carbocycles. The van der Waals surface area contributed by atoms with E-state index >= 15 is 0 Å². The van der Waals surface area contributed by atoms with Crippen molar-refractivity contribution in [3.8, 4) is 0 Å². The maximum absolute atomic E-state index is 12.8. The third-order valence-electron chi connectivity index (χ3n) is 3.36. The third-order valence-corrected chi connectivity index (χ3v) is 4.50. The Bertz CT molecular complexity index is 718. The Morgan fingerprint density at radius 2 is 2.04 bits per heavy atom. The van der Waals surface area contributed by atoms with Gasteiger partial charge < -0.3 is 15.2 Å². The number of carbonyl (C=O) groups excluding carboxylic acids is 2. The first-order valence-corrected chi connectivity index (χ1v) is 8.86. The number of thioether (sulfide) groups is 1. The Balaban J connectivity index is 1.64. The predicted molar refractivity (Wildman–Crippen MR) is 94.9 cm³/mol. The lowest BCUT2D eigenvalue weighted by molar-refractivity contribution is -0.118. The summed E-state index contributed by atoms with van der Waals surface area (Å²) < 4.78 is 17.7. The van der Waals surface area contributed by atoms with Gasteiger partial charge in [0.15, 0.2) is 5.82 Å². The number of rotatable bonds is 8. The van der Waals surface area contributed by atoms with Gasteiger partial charge in [-0.05, 0) is 38.0 Å². The van der Waals surface area contributed by atoms with Crippen molar-refractivity contribution in [2.45, 2.75) is 25.5 Å². The zero-order valence-corrected chi connectivity index (χ0v) is 14.9. The first kappa shape index (κ1) is 19.0. The molecule has 1 unspecified atom stereocenters. The highest BCUT2D eigenvalue weighted by molar-refractivity contribution is 8.01. The Labute approximate surface area is 149 Å². The average Bonchev–Trinajstić information content (AvgIpc) is 2.99. The molecule has 2 amide bonds. The van der Waals surface area contributed by atoms with Crippen molar-refractivity contribution >= 4 is 29.4 Å². The van der Waals surface area contributed by atoms with Crippen LogP contribution in [0.25, 0.3) is 0 Å². The van der Waals surface area contributed by atoms with E-state index in [0.29, 0.717) is 24.5 Å². The van der Waals surface area contributed by atoms with Crippen molar-refractivity contribution in [1.82, 2.24) is 10.5 Å². The fourth-order valence-corrected chi connectivity index (χ4v) is 2.69. The van der Waals surface area contributed by atoms with Gasteiger partial charge in [-0.15, -0.1) is 11.8 Å². The quantitative estimate of drug-likeness (QED) is 0.751. The van der Waals surface area contributed by atoms with Crippen molar-refractivity contribution in [1.29, 1.82) is 0 Å². The molecule has 25 heavy (non-hydrogen) atoms. The number of nitrogens with zero attached hydrogens (tertiary/aromatic N) is 1. The lowest BCUT2D eigenvalue weighted by atomic mass is 10.1. The molecule has 134 valence electrons. The Kier molecular flexibility index (Phi) is 7.00. The molecule has 0 radical (unpaired) electrons. The molecular formula is C17H20FN3O3S. The van der Waals surface area contributed by atoms with Crippen LogP contribution in [-0.4, -0.2) is 34.5 Å². The first-order valence-electron chi connectivity index (χ1n) is 7.81. The standard InChI is InChI=1S/C17H20FN3O3S/c1-11-9-15(21-24-11)20-17(23)12(2)25-10-16(22)19-8-7-13-3-5-14(18)6-4-13/h3-6,9,12H,7-8,10H2,1-2H3,(H,19,22)(H,20,21,23). The zero-order valence-electron chi connectivity index (χ0n) is 14.0. The normalized spacial score (nSPS) is 11.8. The molecule has 0 fully saturated rings. The van der Waals surface area contributed by atoms with E-state index < -0.39 is 5.25 Å². The maximum Gasteiger partial charge on any atom is 0.238 e. The van der Waals surface area contributed by atoms with E-state index in [9.17, 15) is 14.0 Å². The summed E-state index contributed by atoms with van der Waals surface area (Å²) in [6.07, 6.45) is 0.623. The van der Waals surface area contributed by atoms with Crippen LogP contribution in [0.3, 0.4) is 0 Å². The largest absolute Gasteiger partial charge is 0.360 e. The van der Waals surface area contributed by atoms with Crippen molar-refractivity contribution < 1.29 is 18.5 Å². The minimum atomic E-state index is -0.403. The number of benzene rings is 1. The summed E-state index contributed by atoms with van der Waals surface area (Å²) in [5, 5.41) is 8.70. The van der Waals surface area contributed by atoms with Gasteiger partial charge in [0.1, 0.15) is 11.6 Å². The molecule has 2 aromatic rings. The molecule has 6 nitrogen and oxygen atoms in total. The van der Waals surface area contributed by atoms with Gasteiger partial charge >= 0.3 is 0 Å². The third kappa shape index (κ3) is 6.58. The number of hydrogen-bond donors (Lipinski definition) is 2. The van der Waals surface area contributed by atoms with Gasteiger partial charge in [-0.25, -0.2) is 4.39 Å². The van der Waals surface area contributed by atoms with Gasteiger partial charge in [-0.2, -0.15) is 0 Å². The summed E-state index contributed by atoms with van der Waals surface area (Å²) >= 11 is 1.23. The smallest absolute Gasteiger partial charge is 0.238 e. The second-order valence-electron chi connectivity index (χ2n) is 5.49. The van der Waals surface area contributed by atoms with E-state index in [1.54, 1.807) is 32.0 Å². The van der Waals surface area contributed by atoms with Crippen LogP contribution < -0.4 is 10.6 Å². The molecule has 0 bridgehead atoms. The average molecular weight is 365 g/mol. The number of amides is 2. The summed E-state index contributed by atoms with van der Waals surface area (Å²) in [6, 6.07) is 7.79. The Morgan fingerprint density at radius 3 is 2.68 bits per heavy atom. The monoisotopic (exact) mass is 365 g/mol. The molecule has 8 heteroatoms. The predicted octanol–water partition coefficient (Wildman–Crippen LogP) is 2.54. The van der Waals surface area contributed by atoms with E-state index in [2.05, 4.69) is 15.8 Å². The van der Waals surface area contributed by atoms with Crippen LogP contribution in [0.4, 0.5) is 10.2 Å². The molecule has 0 saturated heterocycles. The lowest BCUT2D eigenvalue weighted by Crippen LogP contribution is -2.30. The van der Waals surface area contributed by atoms with Gasteiger partial charge in [0.2, 0.25) is 11.8 Å². The highest BCUT2D eigenvalue weighted by atomic mass is 32.2. The minimum Gasteiger partial charge on any atom is -0.360 e. The van der Waals surface area contributed by atoms with Crippen LogP contribution in [0, 0.1) is 12.7 Å². The SMILES string of the molecule is Cc1cc(NC(=O)C(C)SCC(=O)NCCc2ccc(F)cc2)no1. The summed E-state index contributed by atoms with van der Waals surface area (Å²) in [7, 11) is 0. The topological polar surface area (TPSA) is 84.2 Å². The molecule has 0 saturated carbocycles. The van der Waals surface area contributed by atoms with E-state index in [1.165, 1.54) is 23.9 Å². The number of aromatic nitrogens is 1. The van der Waals surface area contributed by atoms with Gasteiger partial charge in [-0.1, -0.05) is 17.3 Å². The second-order valence-corrected chi connectivity index (χ2v) is 6.82. The Morgan fingerprint density at radius 1 is 1.32 bits per heavy atom. The summed E-state index contributed by atoms with van der Waals surface area (Å²) in [4.78, 5) is 23.8. The molecular weight excluding hydrogens is 345 g/mol. The van der Waals surface area contributed by atoms with E-state index in [-0.39, 0.29) is 23.4 Å². The van der Waals surface area contributed by atoms with Gasteiger partial charge in [-0.3, -0.25) is 9.59 Å². The van der Waals surface area contributed by atoms with Crippen molar-refractivity contribution in [2.75, 3.05) is 17.6 Å². The number of nitrogens with one attached hydrogen (secondary N) is 2. The lowest BCUT2D eigenvalue weighted by Gasteiger charge is -2.10. The molecule has 2 rings (SSSR count). The van der Waals surface area contributed by atoms with Crippen LogP contribution in [-0.2, 0) is 16.0 Å². The van der Waals surface area contributed by atoms with E-state index in [4.69, 9.17) is 4.52 Å². The molecule has 1 atom stereocenters. The number of carbonyl (C=O) groups is 2. The van der Waals surface area contributed by atoms with Gasteiger partial charge in [0.25, 0.3) is 0 Å². The molecule has 0 aliphatic rings. The highest BCUT2D eigenvalue weighted by Crippen LogP contribution is 2.14. The molecule has 0 spiro atoms. The summed E-state index contributed by atoms with van der Waals surface area (Å²) in [5.41, 5.74) is 0.949.